The average Bonchev–Trinajstić information content (AvgIpc) is 2.41. The number of nitrogens with zero attached hydrogens (tertiary/aromatic N) is 1. The lowest BCUT2D eigenvalue weighted by Crippen LogP contribution is -2.06. The number of hydrogen-bond acceptors (Lipinski definition) is 4. The van der Waals surface area contributed by atoms with Crippen molar-refractivity contribution >= 4 is 17.4 Å². The van der Waals surface area contributed by atoms with Crippen molar-refractivity contribution in [3.8, 4) is 0 Å². The molecule has 0 aliphatic carbocycles. The number of benzene rings is 2. The van der Waals surface area contributed by atoms with Gasteiger partial charge in [0.2, 0.25) is 0 Å². The molecule has 0 aliphatic rings. The highest BCUT2D eigenvalue weighted by Crippen LogP contribution is 2.33. The summed E-state index contributed by atoms with van der Waals surface area (Å²) in [5.41, 5.74) is 6.59. The summed E-state index contributed by atoms with van der Waals surface area (Å²) in [6.45, 7) is 1.79. The monoisotopic (exact) mass is 292 g/mol. The molecule has 0 unspecified atom stereocenters. The molecule has 0 heterocycles. The third-order valence-electron chi connectivity index (χ3n) is 2.74. The SMILES string of the molecule is C[C@H](N)c1cc(F)ccc1Sc1ccc([N+](=O)[O-])cc1. The molecule has 0 saturated carbocycles. The Morgan fingerprint density at radius 3 is 2.45 bits per heavy atom. The summed E-state index contributed by atoms with van der Waals surface area (Å²) < 4.78 is 13.2. The highest BCUT2D eigenvalue weighted by molar-refractivity contribution is 7.99. The van der Waals surface area contributed by atoms with E-state index in [9.17, 15) is 14.5 Å². The van der Waals surface area contributed by atoms with E-state index in [1.807, 2.05) is 0 Å². The van der Waals surface area contributed by atoms with Gasteiger partial charge in [-0.05, 0) is 42.8 Å². The molecule has 0 aromatic heterocycles. The Bertz CT molecular complexity index is 630. The maximum absolute atomic E-state index is 13.2. The molecule has 2 rings (SSSR count). The average molecular weight is 292 g/mol. The molecule has 0 bridgehead atoms. The van der Waals surface area contributed by atoms with Crippen LogP contribution < -0.4 is 5.73 Å². The first-order chi connectivity index (χ1) is 9.47. The van der Waals surface area contributed by atoms with Crippen molar-refractivity contribution in [2.75, 3.05) is 0 Å². The topological polar surface area (TPSA) is 69.2 Å². The summed E-state index contributed by atoms with van der Waals surface area (Å²) in [5, 5.41) is 10.6. The van der Waals surface area contributed by atoms with Crippen molar-refractivity contribution in [3.05, 3.63) is 64.0 Å². The lowest BCUT2D eigenvalue weighted by atomic mass is 10.1. The molecule has 2 N–H and O–H groups in total. The van der Waals surface area contributed by atoms with E-state index in [1.54, 1.807) is 25.1 Å². The minimum atomic E-state index is -0.445. The summed E-state index contributed by atoms with van der Waals surface area (Å²) in [6, 6.07) is 10.4. The molecule has 2 aromatic rings. The zero-order chi connectivity index (χ0) is 14.7. The number of non-ortho nitro benzene ring substituents is 1. The molecule has 2 aromatic carbocycles. The first-order valence-electron chi connectivity index (χ1n) is 5.94. The molecule has 1 atom stereocenters. The second kappa shape index (κ2) is 6.02. The van der Waals surface area contributed by atoms with Gasteiger partial charge in [-0.2, -0.15) is 0 Å². The summed E-state index contributed by atoms with van der Waals surface area (Å²) in [7, 11) is 0. The molecule has 4 nitrogen and oxygen atoms in total. The van der Waals surface area contributed by atoms with Gasteiger partial charge in [-0.3, -0.25) is 10.1 Å². The van der Waals surface area contributed by atoms with Crippen LogP contribution in [0.25, 0.3) is 0 Å². The van der Waals surface area contributed by atoms with Crippen molar-refractivity contribution in [1.29, 1.82) is 0 Å². The van der Waals surface area contributed by atoms with E-state index in [1.165, 1.54) is 36.0 Å². The Labute approximate surface area is 119 Å². The molecule has 0 fully saturated rings. The van der Waals surface area contributed by atoms with E-state index in [2.05, 4.69) is 0 Å². The van der Waals surface area contributed by atoms with E-state index in [-0.39, 0.29) is 17.5 Å². The third-order valence-corrected chi connectivity index (χ3v) is 3.84. The van der Waals surface area contributed by atoms with E-state index >= 15 is 0 Å². The minimum Gasteiger partial charge on any atom is -0.324 e. The number of nitrogens with two attached hydrogens (primary N) is 1. The molecule has 0 spiro atoms. The zero-order valence-electron chi connectivity index (χ0n) is 10.7. The molecule has 20 heavy (non-hydrogen) atoms. The molecule has 0 radical (unpaired) electrons. The van der Waals surface area contributed by atoms with E-state index in [4.69, 9.17) is 5.73 Å². The van der Waals surface area contributed by atoms with Crippen LogP contribution in [-0.4, -0.2) is 4.92 Å². The second-order valence-corrected chi connectivity index (χ2v) is 5.44. The predicted molar refractivity (Wildman–Crippen MR) is 76.2 cm³/mol. The van der Waals surface area contributed by atoms with Gasteiger partial charge in [0.15, 0.2) is 0 Å². The fourth-order valence-electron chi connectivity index (χ4n) is 1.73. The molecule has 0 aliphatic heterocycles. The quantitative estimate of drug-likeness (QED) is 0.685. The van der Waals surface area contributed by atoms with Gasteiger partial charge in [0.05, 0.1) is 4.92 Å². The summed E-state index contributed by atoms with van der Waals surface area (Å²) >= 11 is 1.40. The maximum Gasteiger partial charge on any atom is 0.269 e. The molecule has 6 heteroatoms. The number of halogens is 1. The predicted octanol–water partition coefficient (Wildman–Crippen LogP) is 3.90. The van der Waals surface area contributed by atoms with Crippen LogP contribution in [0.3, 0.4) is 0 Å². The lowest BCUT2D eigenvalue weighted by Gasteiger charge is -2.12. The number of nitro benzene ring substituents is 1. The Morgan fingerprint density at radius 1 is 1.25 bits per heavy atom. The van der Waals surface area contributed by atoms with Crippen LogP contribution in [0.1, 0.15) is 18.5 Å². The fourth-order valence-corrected chi connectivity index (χ4v) is 2.76. The van der Waals surface area contributed by atoms with Crippen LogP contribution in [0.2, 0.25) is 0 Å². The highest BCUT2D eigenvalue weighted by Gasteiger charge is 2.11. The fraction of sp³-hybridized carbons (Fsp3) is 0.143. The second-order valence-electron chi connectivity index (χ2n) is 4.32. The van der Waals surface area contributed by atoms with Crippen molar-refractivity contribution in [2.45, 2.75) is 22.8 Å². The molecule has 0 amide bonds. The molecule has 0 saturated heterocycles. The van der Waals surface area contributed by atoms with Gasteiger partial charge in [-0.15, -0.1) is 0 Å². The standard InChI is InChI=1S/C14H13FN2O2S/c1-9(16)13-8-10(15)2-7-14(13)20-12-5-3-11(4-6-12)17(18)19/h2-9H,16H2,1H3/t9-/m0/s1. The number of rotatable bonds is 4. The maximum atomic E-state index is 13.2. The van der Waals surface area contributed by atoms with Crippen LogP contribution in [0.4, 0.5) is 10.1 Å². The highest BCUT2D eigenvalue weighted by atomic mass is 32.2. The van der Waals surface area contributed by atoms with Crippen molar-refractivity contribution in [1.82, 2.24) is 0 Å². The normalized spacial score (nSPS) is 12.2. The van der Waals surface area contributed by atoms with Crippen LogP contribution >= 0.6 is 11.8 Å². The molecular formula is C14H13FN2O2S. The first kappa shape index (κ1) is 14.5. The van der Waals surface area contributed by atoms with Crippen LogP contribution in [0, 0.1) is 15.9 Å². The third kappa shape index (κ3) is 3.34. The Balaban J connectivity index is 2.27. The van der Waals surface area contributed by atoms with Crippen LogP contribution in [-0.2, 0) is 0 Å². The van der Waals surface area contributed by atoms with Crippen molar-refractivity contribution in [2.24, 2.45) is 5.73 Å². The van der Waals surface area contributed by atoms with E-state index < -0.39 is 4.92 Å². The van der Waals surface area contributed by atoms with Crippen LogP contribution in [0.15, 0.2) is 52.3 Å². The van der Waals surface area contributed by atoms with Gasteiger partial charge in [-0.1, -0.05) is 11.8 Å². The van der Waals surface area contributed by atoms with Crippen LogP contribution in [0.5, 0.6) is 0 Å². The van der Waals surface area contributed by atoms with Gasteiger partial charge in [-0.25, -0.2) is 4.39 Å². The van der Waals surface area contributed by atoms with Crippen molar-refractivity contribution in [3.63, 3.8) is 0 Å². The van der Waals surface area contributed by atoms with Crippen molar-refractivity contribution < 1.29 is 9.31 Å². The zero-order valence-corrected chi connectivity index (χ0v) is 11.6. The largest absolute Gasteiger partial charge is 0.324 e. The molecule has 104 valence electrons. The van der Waals surface area contributed by atoms with Gasteiger partial charge in [0.25, 0.3) is 5.69 Å². The van der Waals surface area contributed by atoms with Gasteiger partial charge in [0, 0.05) is 28.0 Å². The summed E-state index contributed by atoms with van der Waals surface area (Å²) in [6.07, 6.45) is 0. The first-order valence-corrected chi connectivity index (χ1v) is 6.76. The smallest absolute Gasteiger partial charge is 0.269 e. The number of hydrogen-bond donors (Lipinski definition) is 1. The minimum absolute atomic E-state index is 0.0425. The van der Waals surface area contributed by atoms with Gasteiger partial charge >= 0.3 is 0 Å². The summed E-state index contributed by atoms with van der Waals surface area (Å²) in [5.74, 6) is -0.328. The number of nitro groups is 1. The Morgan fingerprint density at radius 2 is 1.90 bits per heavy atom. The van der Waals surface area contributed by atoms with E-state index in [0.717, 1.165) is 9.79 Å². The van der Waals surface area contributed by atoms with Gasteiger partial charge in [0.1, 0.15) is 5.82 Å². The Hall–Kier alpha value is -1.92. The summed E-state index contributed by atoms with van der Waals surface area (Å²) in [4.78, 5) is 11.8. The lowest BCUT2D eigenvalue weighted by molar-refractivity contribution is -0.384. The van der Waals surface area contributed by atoms with E-state index in [0.29, 0.717) is 5.56 Å². The Kier molecular flexibility index (Phi) is 4.36. The molecular weight excluding hydrogens is 279 g/mol. The van der Waals surface area contributed by atoms with Gasteiger partial charge < -0.3 is 5.73 Å².